The topological polar surface area (TPSA) is 58.5 Å². The minimum atomic E-state index is -4.45. The minimum Gasteiger partial charge on any atom is -0.495 e. The second-order valence-corrected chi connectivity index (χ2v) is 11.2. The minimum absolute atomic E-state index is 0.0892. The van der Waals surface area contributed by atoms with Crippen molar-refractivity contribution in [2.24, 2.45) is 5.41 Å². The quantitative estimate of drug-likeness (QED) is 0.194. The molecule has 0 bridgehead atoms. The Balaban J connectivity index is 1.37. The average molecular weight is 571 g/mol. The number of ketones is 1. The van der Waals surface area contributed by atoms with Gasteiger partial charge in [0.2, 0.25) is 0 Å². The molecule has 1 aromatic heterocycles. The molecule has 1 saturated heterocycles. The van der Waals surface area contributed by atoms with Crippen LogP contribution in [-0.2, 0) is 6.54 Å². The fraction of sp³-hybridized carbons (Fsp3) is 0.452. The Morgan fingerprint density at radius 2 is 1.95 bits per heavy atom. The Morgan fingerprint density at radius 1 is 1.17 bits per heavy atom. The summed E-state index contributed by atoms with van der Waals surface area (Å²) in [6.45, 7) is 1.93. The van der Waals surface area contributed by atoms with Crippen LogP contribution in [0.25, 0.3) is 10.9 Å². The number of nitrogens with zero attached hydrogens (tertiary/aromatic N) is 2. The Labute approximate surface area is 237 Å². The van der Waals surface area contributed by atoms with Crippen molar-refractivity contribution in [2.45, 2.75) is 51.1 Å². The van der Waals surface area contributed by atoms with Crippen molar-refractivity contribution in [1.29, 1.82) is 0 Å². The van der Waals surface area contributed by atoms with E-state index in [4.69, 9.17) is 4.74 Å². The van der Waals surface area contributed by atoms with E-state index < -0.39 is 24.9 Å². The van der Waals surface area contributed by atoms with E-state index in [1.807, 2.05) is 18.9 Å². The number of piperidine rings is 1. The summed E-state index contributed by atoms with van der Waals surface area (Å²) >= 11 is 0. The van der Waals surface area contributed by atoms with Crippen molar-refractivity contribution in [1.82, 2.24) is 9.47 Å². The molecule has 2 aliphatic rings. The maximum Gasteiger partial charge on any atom is 0.406 e. The monoisotopic (exact) mass is 570 g/mol. The summed E-state index contributed by atoms with van der Waals surface area (Å²) in [6, 6.07) is 11.4. The molecule has 1 aliphatic carbocycles. The van der Waals surface area contributed by atoms with Crippen molar-refractivity contribution in [3.05, 3.63) is 53.7 Å². The molecule has 0 radical (unpaired) electrons. The molecule has 3 aromatic rings. The molecule has 1 aliphatic heterocycles. The first-order valence-corrected chi connectivity index (χ1v) is 13.7. The predicted octanol–water partition coefficient (Wildman–Crippen LogP) is 6.11. The molecule has 2 N–H and O–H groups in total. The van der Waals surface area contributed by atoms with Gasteiger partial charge in [0.25, 0.3) is 0 Å². The second-order valence-electron chi connectivity index (χ2n) is 11.2. The molecule has 2 heterocycles. The molecule has 5 rings (SSSR count). The van der Waals surface area contributed by atoms with E-state index in [2.05, 4.69) is 22.5 Å². The Kier molecular flexibility index (Phi) is 7.93. The zero-order chi connectivity index (χ0) is 29.4. The first-order valence-electron chi connectivity index (χ1n) is 13.7. The summed E-state index contributed by atoms with van der Waals surface area (Å²) in [7, 11) is 3.37. The van der Waals surface area contributed by atoms with Crippen LogP contribution in [0.1, 0.15) is 42.2 Å². The first kappa shape index (κ1) is 28.8. The number of ether oxygens (including phenoxy) is 1. The van der Waals surface area contributed by atoms with Crippen LogP contribution >= 0.6 is 0 Å². The largest absolute Gasteiger partial charge is 0.495 e. The number of carbonyl (C=O) groups excluding carboxylic acids is 1. The van der Waals surface area contributed by atoms with Gasteiger partial charge in [-0.15, -0.1) is 0 Å². The number of rotatable bonds is 8. The molecule has 2 atom stereocenters. The smallest absolute Gasteiger partial charge is 0.406 e. The second kappa shape index (κ2) is 11.3. The maximum absolute atomic E-state index is 14.7. The van der Waals surface area contributed by atoms with E-state index in [1.54, 1.807) is 42.5 Å². The Morgan fingerprint density at radius 3 is 2.63 bits per heavy atom. The number of benzene rings is 2. The van der Waals surface area contributed by atoms with Crippen molar-refractivity contribution in [3.63, 3.8) is 0 Å². The highest BCUT2D eigenvalue weighted by molar-refractivity contribution is 6.02. The van der Waals surface area contributed by atoms with Crippen LogP contribution in [0.15, 0.2) is 42.5 Å². The van der Waals surface area contributed by atoms with Gasteiger partial charge in [0.05, 0.1) is 36.6 Å². The van der Waals surface area contributed by atoms with Crippen molar-refractivity contribution in [2.75, 3.05) is 44.4 Å². The summed E-state index contributed by atoms with van der Waals surface area (Å²) < 4.78 is 62.0. The van der Waals surface area contributed by atoms with E-state index in [0.717, 1.165) is 24.0 Å². The lowest BCUT2D eigenvalue weighted by atomic mass is 9.96. The fourth-order valence-corrected chi connectivity index (χ4v) is 5.30. The number of halogens is 4. The maximum atomic E-state index is 14.7. The Hall–Kier alpha value is -3.71. The highest BCUT2D eigenvalue weighted by Crippen LogP contribution is 2.48. The lowest BCUT2D eigenvalue weighted by Gasteiger charge is -2.33. The molecule has 41 heavy (non-hydrogen) atoms. The SMILES string of the molecule is COc1cc(C(=O)C2(C)CC2)ccc1NCC#Cc1cc2c(N[C@@H]3CCN(C)C[C@@H]3F)cccc2n1CC(F)(F)F. The van der Waals surface area contributed by atoms with Crippen LogP contribution in [0.3, 0.4) is 0 Å². The molecule has 1 saturated carbocycles. The van der Waals surface area contributed by atoms with Crippen molar-refractivity contribution >= 4 is 28.1 Å². The van der Waals surface area contributed by atoms with Gasteiger partial charge in [0, 0.05) is 35.1 Å². The molecule has 2 aromatic carbocycles. The van der Waals surface area contributed by atoms with Gasteiger partial charge in [0.1, 0.15) is 18.5 Å². The van der Waals surface area contributed by atoms with Crippen LogP contribution in [0.2, 0.25) is 0 Å². The third-order valence-electron chi connectivity index (χ3n) is 7.96. The van der Waals surface area contributed by atoms with Gasteiger partial charge in [-0.3, -0.25) is 4.79 Å². The number of hydrogen-bond acceptors (Lipinski definition) is 5. The van der Waals surface area contributed by atoms with Gasteiger partial charge in [-0.25, -0.2) is 4.39 Å². The third-order valence-corrected chi connectivity index (χ3v) is 7.96. The van der Waals surface area contributed by atoms with Crippen LogP contribution in [0.4, 0.5) is 28.9 Å². The zero-order valence-electron chi connectivity index (χ0n) is 23.4. The molecule has 0 amide bonds. The average Bonchev–Trinajstić information content (AvgIpc) is 3.59. The van der Waals surface area contributed by atoms with Gasteiger partial charge in [-0.05, 0) is 68.6 Å². The predicted molar refractivity (Wildman–Crippen MR) is 152 cm³/mol. The number of alkyl halides is 4. The molecule has 10 heteroatoms. The molecule has 218 valence electrons. The lowest BCUT2D eigenvalue weighted by Crippen LogP contribution is -2.46. The van der Waals surface area contributed by atoms with E-state index >= 15 is 0 Å². The highest BCUT2D eigenvalue weighted by Gasteiger charge is 2.45. The normalized spacial score (nSPS) is 20.3. The summed E-state index contributed by atoms with van der Waals surface area (Å²) in [5, 5.41) is 6.92. The zero-order valence-corrected chi connectivity index (χ0v) is 23.4. The van der Waals surface area contributed by atoms with E-state index in [9.17, 15) is 22.4 Å². The molecule has 6 nitrogen and oxygen atoms in total. The van der Waals surface area contributed by atoms with Gasteiger partial charge in [-0.2, -0.15) is 13.2 Å². The summed E-state index contributed by atoms with van der Waals surface area (Å²) in [5.74, 6) is 6.38. The summed E-state index contributed by atoms with van der Waals surface area (Å²) in [5.41, 5.74) is 2.08. The number of fused-ring (bicyclic) bond motifs is 1. The summed E-state index contributed by atoms with van der Waals surface area (Å²) in [6.07, 6.45) is -3.20. The van der Waals surface area contributed by atoms with Crippen molar-refractivity contribution in [3.8, 4) is 17.6 Å². The molecule has 0 spiro atoms. The highest BCUT2D eigenvalue weighted by atomic mass is 19.4. The lowest BCUT2D eigenvalue weighted by molar-refractivity contribution is -0.140. The van der Waals surface area contributed by atoms with Crippen LogP contribution < -0.4 is 15.4 Å². The van der Waals surface area contributed by atoms with E-state index in [-0.39, 0.29) is 23.4 Å². The van der Waals surface area contributed by atoms with Gasteiger partial charge >= 0.3 is 6.18 Å². The van der Waals surface area contributed by atoms with Crippen LogP contribution in [-0.4, -0.2) is 67.4 Å². The molecular weight excluding hydrogens is 536 g/mol. The van der Waals surface area contributed by atoms with Crippen LogP contribution in [0.5, 0.6) is 5.75 Å². The van der Waals surface area contributed by atoms with E-state index in [1.165, 1.54) is 7.11 Å². The van der Waals surface area contributed by atoms with Crippen LogP contribution in [0, 0.1) is 17.3 Å². The van der Waals surface area contributed by atoms with Gasteiger partial charge in [0.15, 0.2) is 5.78 Å². The van der Waals surface area contributed by atoms with Gasteiger partial charge < -0.3 is 24.8 Å². The summed E-state index contributed by atoms with van der Waals surface area (Å²) in [4.78, 5) is 14.6. The third kappa shape index (κ3) is 6.46. The standard InChI is InChI=1S/C31H34F4N4O2/c1-30(12-13-30)29(40)20-9-10-26(28(16-20)41-3)36-14-5-6-21-17-22-24(37-25-11-15-38(2)18-23(25)32)7-4-8-27(22)39(21)19-31(33,34)35/h4,7-10,16-17,23,25,36-37H,11-15,18-19H2,1-3H3/t23-,25+/m0/s1. The van der Waals surface area contributed by atoms with Crippen molar-refractivity contribution < 1.29 is 27.1 Å². The fourth-order valence-electron chi connectivity index (χ4n) is 5.30. The number of carbonyl (C=O) groups is 1. The Bertz CT molecular complexity index is 1500. The first-order chi connectivity index (χ1) is 19.5. The molecular formula is C31H34F4N4O2. The number of methoxy groups -OCH3 is 1. The van der Waals surface area contributed by atoms with E-state index in [0.29, 0.717) is 46.6 Å². The number of likely N-dealkylation sites (tertiary alicyclic amines) is 1. The molecule has 2 fully saturated rings. The number of Topliss-reactive ketones (excluding diaryl/α,β-unsaturated/α-hetero) is 1. The molecule has 0 unspecified atom stereocenters. The number of hydrogen-bond donors (Lipinski definition) is 2. The van der Waals surface area contributed by atoms with Gasteiger partial charge in [-0.1, -0.05) is 18.9 Å². The number of aromatic nitrogens is 1. The number of nitrogens with one attached hydrogen (secondary N) is 2. The number of anilines is 2.